The van der Waals surface area contributed by atoms with Crippen molar-refractivity contribution in [2.24, 2.45) is 0 Å². The first-order chi connectivity index (χ1) is 4.84. The van der Waals surface area contributed by atoms with E-state index in [1.165, 1.54) is 0 Å². The van der Waals surface area contributed by atoms with Gasteiger partial charge in [0.05, 0.1) is 0 Å². The van der Waals surface area contributed by atoms with Gasteiger partial charge in [-0.3, -0.25) is 4.79 Å². The van der Waals surface area contributed by atoms with Crippen molar-refractivity contribution in [2.75, 3.05) is 7.05 Å². The lowest BCUT2D eigenvalue weighted by Gasteiger charge is -1.96. The predicted octanol–water partition coefficient (Wildman–Crippen LogP) is 1.29. The van der Waals surface area contributed by atoms with Gasteiger partial charge in [0, 0.05) is 14.0 Å². The fraction of sp³-hybridized carbons (Fsp3) is 0.125. The third-order valence-corrected chi connectivity index (χ3v) is 1.26. The summed E-state index contributed by atoms with van der Waals surface area (Å²) in [6, 6.07) is 9.11. The smallest absolute Gasteiger partial charge is 0.251 e. The molecule has 2 heteroatoms. The number of carbonyl (C=O) groups is 1. The minimum atomic E-state index is -0.0411. The van der Waals surface area contributed by atoms with Crippen molar-refractivity contribution in [1.82, 2.24) is 5.32 Å². The van der Waals surface area contributed by atoms with Crippen LogP contribution in [0.3, 0.4) is 0 Å². The number of benzene rings is 1. The molecule has 1 aromatic carbocycles. The number of nitrogens with one attached hydrogen (secondary N) is 1. The summed E-state index contributed by atoms with van der Waals surface area (Å²) in [5.74, 6) is -0.0411. The summed E-state index contributed by atoms with van der Waals surface area (Å²) in [7, 11) is 1.62. The van der Waals surface area contributed by atoms with Crippen LogP contribution < -0.4 is 5.32 Å². The Balaban J connectivity index is 0.000001000. The summed E-state index contributed by atoms with van der Waals surface area (Å²) >= 11 is 0. The Kier molecular flexibility index (Phi) is 2.05. The molecule has 0 fully saturated rings. The van der Waals surface area contributed by atoms with Crippen molar-refractivity contribution in [1.29, 1.82) is 0 Å². The summed E-state index contributed by atoms with van der Waals surface area (Å²) in [6.07, 6.45) is 0. The van der Waals surface area contributed by atoms with Crippen LogP contribution in [0.25, 0.3) is 0 Å². The van der Waals surface area contributed by atoms with E-state index in [2.05, 4.69) is 5.32 Å². The Morgan fingerprint density at radius 1 is 1.40 bits per heavy atom. The minimum Gasteiger partial charge on any atom is -0.355 e. The van der Waals surface area contributed by atoms with Gasteiger partial charge in [-0.05, 0) is 12.1 Å². The number of hydrogen-bond donors (Lipinski definition) is 1. The molecule has 0 aromatic heterocycles. The first-order valence-corrected chi connectivity index (χ1v) is 3.11. The van der Waals surface area contributed by atoms with Crippen LogP contribution in [0, 0.1) is 0 Å². The Labute approximate surface area is 61.4 Å². The van der Waals surface area contributed by atoms with Crippen LogP contribution in [-0.4, -0.2) is 13.0 Å². The molecule has 0 aliphatic heterocycles. The van der Waals surface area contributed by atoms with E-state index >= 15 is 0 Å². The first-order valence-electron chi connectivity index (χ1n) is 3.11. The van der Waals surface area contributed by atoms with Gasteiger partial charge < -0.3 is 5.32 Å². The topological polar surface area (TPSA) is 29.1 Å². The molecule has 0 heterocycles. The van der Waals surface area contributed by atoms with Crippen LogP contribution in [0.4, 0.5) is 0 Å². The summed E-state index contributed by atoms with van der Waals surface area (Å²) < 4.78 is 0. The minimum absolute atomic E-state index is 0. The lowest BCUT2D eigenvalue weighted by molar-refractivity contribution is 0.0963. The second-order valence-corrected chi connectivity index (χ2v) is 1.95. The number of carbonyl (C=O) groups excluding carboxylic acids is 1. The highest BCUT2D eigenvalue weighted by molar-refractivity contribution is 5.93. The van der Waals surface area contributed by atoms with Gasteiger partial charge in [-0.25, -0.2) is 0 Å². The van der Waals surface area contributed by atoms with Crippen molar-refractivity contribution < 1.29 is 6.22 Å². The fourth-order valence-electron chi connectivity index (χ4n) is 0.734. The molecule has 0 bridgehead atoms. The van der Waals surface area contributed by atoms with Crippen molar-refractivity contribution in [2.45, 2.75) is 0 Å². The third kappa shape index (κ3) is 1.35. The van der Waals surface area contributed by atoms with Crippen LogP contribution in [0.5, 0.6) is 0 Å². The molecule has 0 saturated carbocycles. The van der Waals surface area contributed by atoms with Crippen LogP contribution in [0.2, 0.25) is 0 Å². The van der Waals surface area contributed by atoms with Gasteiger partial charge in [0.2, 0.25) is 0 Å². The maximum Gasteiger partial charge on any atom is 0.251 e. The molecule has 54 valence electrons. The molecule has 0 atom stereocenters. The summed E-state index contributed by atoms with van der Waals surface area (Å²) in [6.45, 7) is 0. The zero-order valence-electron chi connectivity index (χ0n) is 5.79. The van der Waals surface area contributed by atoms with Crippen LogP contribution in [-0.2, 0) is 0 Å². The molecule has 10 heavy (non-hydrogen) atoms. The number of amides is 1. The molecular weight excluding hydrogens is 126 g/mol. The quantitative estimate of drug-likeness (QED) is 0.621. The number of hydrogen-bond acceptors (Lipinski definition) is 1. The van der Waals surface area contributed by atoms with E-state index < -0.39 is 0 Å². The zero-order chi connectivity index (χ0) is 7.40. The van der Waals surface area contributed by atoms with Crippen molar-refractivity contribution in [3.8, 4) is 0 Å². The molecular formula is C8H11NO. The van der Waals surface area contributed by atoms with Crippen molar-refractivity contribution in [3.63, 3.8) is 0 Å². The van der Waals surface area contributed by atoms with Crippen molar-refractivity contribution >= 4 is 5.91 Å². The molecule has 0 spiro atoms. The molecule has 0 unspecified atom stereocenters. The molecule has 0 saturated heterocycles. The summed E-state index contributed by atoms with van der Waals surface area (Å²) in [4.78, 5) is 10.9. The highest BCUT2D eigenvalue weighted by Gasteiger charge is 1.97. The lowest BCUT2D eigenvalue weighted by Crippen LogP contribution is -2.17. The highest BCUT2D eigenvalue weighted by atomic mass is 16.1. The van der Waals surface area contributed by atoms with Gasteiger partial charge in [-0.15, -0.1) is 0 Å². The van der Waals surface area contributed by atoms with Crippen LogP contribution in [0.1, 0.15) is 11.8 Å². The maximum absolute atomic E-state index is 10.9. The summed E-state index contributed by atoms with van der Waals surface area (Å²) in [5.41, 5.74) is 0.699. The standard InChI is InChI=1S/C8H9NO.H2/c1-9-8(10)7-5-3-2-4-6-7;/h2-6H,1H3,(H,9,10);1H. The molecule has 1 aromatic rings. The molecule has 2 nitrogen and oxygen atoms in total. The van der Waals surface area contributed by atoms with E-state index in [0.717, 1.165) is 0 Å². The van der Waals surface area contributed by atoms with Gasteiger partial charge in [0.25, 0.3) is 5.91 Å². The summed E-state index contributed by atoms with van der Waals surface area (Å²) in [5, 5.41) is 2.54. The van der Waals surface area contributed by atoms with Crippen LogP contribution in [0.15, 0.2) is 30.3 Å². The molecule has 0 aliphatic carbocycles. The Morgan fingerprint density at radius 2 is 2.00 bits per heavy atom. The van der Waals surface area contributed by atoms with Crippen molar-refractivity contribution in [3.05, 3.63) is 35.9 Å². The molecule has 1 amide bonds. The second kappa shape index (κ2) is 3.01. The third-order valence-electron chi connectivity index (χ3n) is 1.26. The van der Waals surface area contributed by atoms with Gasteiger partial charge in [0.1, 0.15) is 0 Å². The second-order valence-electron chi connectivity index (χ2n) is 1.95. The van der Waals surface area contributed by atoms with E-state index in [1.807, 2.05) is 18.2 Å². The molecule has 1 rings (SSSR count). The lowest BCUT2D eigenvalue weighted by atomic mass is 10.2. The Hall–Kier alpha value is -1.31. The largest absolute Gasteiger partial charge is 0.355 e. The van der Waals surface area contributed by atoms with Gasteiger partial charge in [-0.2, -0.15) is 0 Å². The van der Waals surface area contributed by atoms with Crippen LogP contribution >= 0.6 is 0 Å². The normalized spacial score (nSPS) is 8.90. The molecule has 0 radical (unpaired) electrons. The average Bonchev–Trinajstić information content (AvgIpc) is 2.05. The van der Waals surface area contributed by atoms with E-state index in [1.54, 1.807) is 19.2 Å². The highest BCUT2D eigenvalue weighted by Crippen LogP contribution is 1.96. The molecule has 0 aliphatic rings. The SMILES string of the molecule is CNC(=O)c1ccccc1.[HH]. The Bertz CT molecular complexity index is 223. The van der Waals surface area contributed by atoms with E-state index in [-0.39, 0.29) is 7.33 Å². The Morgan fingerprint density at radius 3 is 2.50 bits per heavy atom. The van der Waals surface area contributed by atoms with E-state index in [0.29, 0.717) is 5.56 Å². The van der Waals surface area contributed by atoms with Gasteiger partial charge in [0.15, 0.2) is 0 Å². The zero-order valence-corrected chi connectivity index (χ0v) is 5.79. The van der Waals surface area contributed by atoms with E-state index in [4.69, 9.17) is 0 Å². The fourth-order valence-corrected chi connectivity index (χ4v) is 0.734. The number of rotatable bonds is 1. The first kappa shape index (κ1) is 6.81. The predicted molar refractivity (Wildman–Crippen MR) is 41.9 cm³/mol. The van der Waals surface area contributed by atoms with Gasteiger partial charge >= 0.3 is 0 Å². The molecule has 1 N–H and O–H groups in total. The van der Waals surface area contributed by atoms with E-state index in [9.17, 15) is 4.79 Å². The average molecular weight is 137 g/mol. The monoisotopic (exact) mass is 137 g/mol. The maximum atomic E-state index is 10.9. The van der Waals surface area contributed by atoms with Gasteiger partial charge in [-0.1, -0.05) is 18.2 Å².